The van der Waals surface area contributed by atoms with E-state index in [4.69, 9.17) is 9.88 Å². The minimum atomic E-state index is -3.71. The Morgan fingerprint density at radius 3 is 2.32 bits per heavy atom. The summed E-state index contributed by atoms with van der Waals surface area (Å²) in [7, 11) is -3.71. The van der Waals surface area contributed by atoms with Crippen LogP contribution in [-0.2, 0) is 21.3 Å². The smallest absolute Gasteiger partial charge is 0.255 e. The lowest BCUT2D eigenvalue weighted by atomic mass is 10.1. The molecule has 0 bridgehead atoms. The van der Waals surface area contributed by atoms with E-state index in [0.717, 1.165) is 48.5 Å². The molecule has 3 heterocycles. The minimum absolute atomic E-state index is 0.0689. The van der Waals surface area contributed by atoms with Gasteiger partial charge in [-0.3, -0.25) is 4.79 Å². The zero-order valence-corrected chi connectivity index (χ0v) is 21.0. The summed E-state index contributed by atoms with van der Waals surface area (Å²) in [5.41, 5.74) is 3.59. The van der Waals surface area contributed by atoms with Gasteiger partial charge in [-0.05, 0) is 76.4 Å². The second-order valence-electron chi connectivity index (χ2n) is 9.47. The standard InChI is InChI=1S/C25H36N4O4S/c1-19-17-24(20(2)29(19)18-21-5-7-23(8-6-21)34(26,31)32)25(30)28-13-9-22(10-14-28)33-16-15-27-11-3-4-12-27/h5-8,17,22H,3-4,9-16,18H2,1-2H3,(H2,26,31,32). The molecule has 0 spiro atoms. The Balaban J connectivity index is 1.33. The molecule has 2 N–H and O–H groups in total. The van der Waals surface area contributed by atoms with Gasteiger partial charge in [0.1, 0.15) is 0 Å². The first kappa shape index (κ1) is 24.9. The summed E-state index contributed by atoms with van der Waals surface area (Å²) in [6.07, 6.45) is 4.58. The first-order valence-corrected chi connectivity index (χ1v) is 13.7. The van der Waals surface area contributed by atoms with Crippen molar-refractivity contribution >= 4 is 15.9 Å². The van der Waals surface area contributed by atoms with Crippen LogP contribution in [-0.4, -0.2) is 74.1 Å². The van der Waals surface area contributed by atoms with Crippen LogP contribution in [0.2, 0.25) is 0 Å². The molecule has 4 rings (SSSR count). The van der Waals surface area contributed by atoms with Gasteiger partial charge in [0.05, 0.1) is 23.2 Å². The number of nitrogens with zero attached hydrogens (tertiary/aromatic N) is 3. The van der Waals surface area contributed by atoms with E-state index in [0.29, 0.717) is 19.6 Å². The Kier molecular flexibility index (Phi) is 7.77. The highest BCUT2D eigenvalue weighted by Crippen LogP contribution is 2.22. The van der Waals surface area contributed by atoms with Crippen molar-refractivity contribution in [2.45, 2.75) is 57.1 Å². The summed E-state index contributed by atoms with van der Waals surface area (Å²) in [6.45, 7) is 10.1. The third-order valence-electron chi connectivity index (χ3n) is 7.09. The van der Waals surface area contributed by atoms with Gasteiger partial charge in [-0.25, -0.2) is 13.6 Å². The first-order valence-electron chi connectivity index (χ1n) is 12.1. The number of piperidine rings is 1. The van der Waals surface area contributed by atoms with Crippen LogP contribution < -0.4 is 5.14 Å². The number of sulfonamides is 1. The zero-order chi connectivity index (χ0) is 24.3. The van der Waals surface area contributed by atoms with Crippen LogP contribution in [0.4, 0.5) is 0 Å². The number of amides is 1. The van der Waals surface area contributed by atoms with Crippen molar-refractivity contribution in [2.75, 3.05) is 39.3 Å². The molecule has 8 nitrogen and oxygen atoms in total. The van der Waals surface area contributed by atoms with Crippen LogP contribution >= 0.6 is 0 Å². The molecular formula is C25H36N4O4S. The lowest BCUT2D eigenvalue weighted by Crippen LogP contribution is -2.41. The number of hydrogen-bond donors (Lipinski definition) is 1. The number of carbonyl (C=O) groups excluding carboxylic acids is 1. The number of rotatable bonds is 8. The lowest BCUT2D eigenvalue weighted by Gasteiger charge is -2.32. The van der Waals surface area contributed by atoms with Crippen molar-refractivity contribution in [1.29, 1.82) is 0 Å². The van der Waals surface area contributed by atoms with Gasteiger partial charge in [0.2, 0.25) is 10.0 Å². The Bertz CT molecular complexity index is 1100. The van der Waals surface area contributed by atoms with Crippen molar-refractivity contribution in [2.24, 2.45) is 5.14 Å². The topological polar surface area (TPSA) is 97.9 Å². The quantitative estimate of drug-likeness (QED) is 0.616. The van der Waals surface area contributed by atoms with Gasteiger partial charge in [0, 0.05) is 37.6 Å². The maximum atomic E-state index is 13.3. The molecule has 2 aliphatic heterocycles. The number of carbonyl (C=O) groups is 1. The van der Waals surface area contributed by atoms with E-state index >= 15 is 0 Å². The van der Waals surface area contributed by atoms with Gasteiger partial charge >= 0.3 is 0 Å². The average molecular weight is 489 g/mol. The highest BCUT2D eigenvalue weighted by Gasteiger charge is 2.27. The molecule has 0 unspecified atom stereocenters. The van der Waals surface area contributed by atoms with Gasteiger partial charge in [-0.15, -0.1) is 0 Å². The summed E-state index contributed by atoms with van der Waals surface area (Å²) >= 11 is 0. The number of aryl methyl sites for hydroxylation is 1. The molecule has 2 fully saturated rings. The maximum absolute atomic E-state index is 13.3. The monoisotopic (exact) mass is 488 g/mol. The van der Waals surface area contributed by atoms with Crippen LogP contribution in [0.1, 0.15) is 53.0 Å². The number of likely N-dealkylation sites (tertiary alicyclic amines) is 2. The summed E-state index contributed by atoms with van der Waals surface area (Å²) in [5.74, 6) is 0.0689. The molecule has 0 radical (unpaired) electrons. The first-order chi connectivity index (χ1) is 16.2. The van der Waals surface area contributed by atoms with E-state index < -0.39 is 10.0 Å². The van der Waals surface area contributed by atoms with E-state index in [-0.39, 0.29) is 16.9 Å². The second-order valence-corrected chi connectivity index (χ2v) is 11.0. The van der Waals surface area contributed by atoms with Gasteiger partial charge in [0.15, 0.2) is 0 Å². The summed E-state index contributed by atoms with van der Waals surface area (Å²) in [5, 5.41) is 5.19. The van der Waals surface area contributed by atoms with E-state index in [1.165, 1.54) is 38.1 Å². The fourth-order valence-corrected chi connectivity index (χ4v) is 5.49. The molecular weight excluding hydrogens is 452 g/mol. The van der Waals surface area contributed by atoms with Crippen molar-refractivity contribution in [3.05, 3.63) is 52.8 Å². The molecule has 2 saturated heterocycles. The fraction of sp³-hybridized carbons (Fsp3) is 0.560. The molecule has 0 atom stereocenters. The second kappa shape index (κ2) is 10.6. The number of ether oxygens (including phenoxy) is 1. The van der Waals surface area contributed by atoms with E-state index in [1.807, 2.05) is 24.8 Å². The molecule has 0 saturated carbocycles. The lowest BCUT2D eigenvalue weighted by molar-refractivity contribution is 0.00207. The highest BCUT2D eigenvalue weighted by molar-refractivity contribution is 7.89. The summed E-state index contributed by atoms with van der Waals surface area (Å²) in [4.78, 5) is 17.8. The van der Waals surface area contributed by atoms with Crippen LogP contribution in [0.5, 0.6) is 0 Å². The van der Waals surface area contributed by atoms with Crippen LogP contribution in [0.25, 0.3) is 0 Å². The van der Waals surface area contributed by atoms with E-state index in [9.17, 15) is 13.2 Å². The van der Waals surface area contributed by atoms with Crippen LogP contribution in [0.3, 0.4) is 0 Å². The average Bonchev–Trinajstić information content (AvgIpc) is 3.43. The Hall–Kier alpha value is -2.20. The largest absolute Gasteiger partial charge is 0.377 e. The predicted molar refractivity (Wildman–Crippen MR) is 131 cm³/mol. The number of primary sulfonamides is 1. The van der Waals surface area contributed by atoms with Gasteiger partial charge in [-0.2, -0.15) is 0 Å². The Labute approximate surface area is 202 Å². The van der Waals surface area contributed by atoms with E-state index in [2.05, 4.69) is 9.47 Å². The maximum Gasteiger partial charge on any atom is 0.255 e. The summed E-state index contributed by atoms with van der Waals surface area (Å²) in [6, 6.07) is 8.50. The van der Waals surface area contributed by atoms with Gasteiger partial charge < -0.3 is 19.1 Å². The molecule has 1 aromatic heterocycles. The van der Waals surface area contributed by atoms with Crippen molar-refractivity contribution < 1.29 is 17.9 Å². The predicted octanol–water partition coefficient (Wildman–Crippen LogP) is 2.52. The van der Waals surface area contributed by atoms with Crippen molar-refractivity contribution in [3.8, 4) is 0 Å². The molecule has 2 aromatic rings. The number of benzene rings is 1. The third-order valence-corrected chi connectivity index (χ3v) is 8.01. The van der Waals surface area contributed by atoms with E-state index in [1.54, 1.807) is 12.1 Å². The van der Waals surface area contributed by atoms with Crippen LogP contribution in [0.15, 0.2) is 35.2 Å². The van der Waals surface area contributed by atoms with Crippen molar-refractivity contribution in [1.82, 2.24) is 14.4 Å². The molecule has 2 aliphatic rings. The van der Waals surface area contributed by atoms with Gasteiger partial charge in [0.25, 0.3) is 5.91 Å². The Morgan fingerprint density at radius 2 is 1.71 bits per heavy atom. The van der Waals surface area contributed by atoms with Crippen LogP contribution in [0, 0.1) is 13.8 Å². The number of hydrogen-bond acceptors (Lipinski definition) is 5. The molecule has 1 aromatic carbocycles. The summed E-state index contributed by atoms with van der Waals surface area (Å²) < 4.78 is 31.2. The highest BCUT2D eigenvalue weighted by atomic mass is 32.2. The normalized spacial score (nSPS) is 18.0. The minimum Gasteiger partial charge on any atom is -0.377 e. The van der Waals surface area contributed by atoms with Gasteiger partial charge in [-0.1, -0.05) is 12.1 Å². The van der Waals surface area contributed by atoms with Crippen molar-refractivity contribution in [3.63, 3.8) is 0 Å². The molecule has 186 valence electrons. The number of aromatic nitrogens is 1. The fourth-order valence-electron chi connectivity index (χ4n) is 4.98. The Morgan fingerprint density at radius 1 is 1.06 bits per heavy atom. The SMILES string of the molecule is Cc1cc(C(=O)N2CCC(OCCN3CCCC3)CC2)c(C)n1Cc1ccc(S(N)(=O)=O)cc1. The molecule has 0 aliphatic carbocycles. The molecule has 9 heteroatoms. The third kappa shape index (κ3) is 5.89. The molecule has 34 heavy (non-hydrogen) atoms. The zero-order valence-electron chi connectivity index (χ0n) is 20.2. The number of nitrogens with two attached hydrogens (primary N) is 1. The molecule has 1 amide bonds.